The van der Waals surface area contributed by atoms with Crippen molar-refractivity contribution in [3.05, 3.63) is 95.6 Å². The van der Waals surface area contributed by atoms with E-state index in [9.17, 15) is 9.59 Å². The third-order valence-corrected chi connectivity index (χ3v) is 5.05. The maximum Gasteiger partial charge on any atom is 0.256 e. The summed E-state index contributed by atoms with van der Waals surface area (Å²) < 4.78 is 11.1. The maximum atomic E-state index is 12.9. The second-order valence-corrected chi connectivity index (χ2v) is 7.21. The van der Waals surface area contributed by atoms with E-state index in [-0.39, 0.29) is 11.8 Å². The van der Waals surface area contributed by atoms with Gasteiger partial charge in [0.05, 0.1) is 24.5 Å². The lowest BCUT2D eigenvalue weighted by Gasteiger charge is -2.27. The second-order valence-electron chi connectivity index (χ2n) is 7.21. The van der Waals surface area contributed by atoms with Crippen molar-refractivity contribution in [1.82, 2.24) is 4.90 Å². The first kappa shape index (κ1) is 20.6. The molecule has 1 saturated heterocycles. The van der Waals surface area contributed by atoms with Crippen LogP contribution in [0.25, 0.3) is 0 Å². The Morgan fingerprint density at radius 3 is 2.45 bits per heavy atom. The van der Waals surface area contributed by atoms with Gasteiger partial charge in [-0.25, -0.2) is 0 Å². The monoisotopic (exact) mass is 416 g/mol. The highest BCUT2D eigenvalue weighted by Gasteiger charge is 2.21. The van der Waals surface area contributed by atoms with Crippen molar-refractivity contribution in [2.24, 2.45) is 0 Å². The number of para-hydroxylation sites is 1. The highest BCUT2D eigenvalue weighted by molar-refractivity contribution is 6.09. The van der Waals surface area contributed by atoms with Gasteiger partial charge in [-0.3, -0.25) is 9.59 Å². The van der Waals surface area contributed by atoms with E-state index in [1.165, 1.54) is 0 Å². The highest BCUT2D eigenvalue weighted by atomic mass is 16.5. The van der Waals surface area contributed by atoms with Crippen molar-refractivity contribution >= 4 is 17.5 Å². The number of carbonyl (C=O) groups excluding carboxylic acids is 2. The number of carbonyl (C=O) groups is 2. The van der Waals surface area contributed by atoms with Crippen molar-refractivity contribution in [3.63, 3.8) is 0 Å². The Hall–Kier alpha value is -3.64. The van der Waals surface area contributed by atoms with E-state index in [0.717, 1.165) is 5.56 Å². The van der Waals surface area contributed by atoms with E-state index in [1.54, 1.807) is 47.4 Å². The molecule has 3 aromatic carbocycles. The molecule has 158 valence electrons. The molecule has 0 radical (unpaired) electrons. The Balaban J connectivity index is 1.45. The summed E-state index contributed by atoms with van der Waals surface area (Å²) in [6.07, 6.45) is 0. The molecule has 1 N–H and O–H groups in total. The number of nitrogens with zero attached hydrogens (tertiary/aromatic N) is 1. The lowest BCUT2D eigenvalue weighted by Crippen LogP contribution is -2.41. The third kappa shape index (κ3) is 5.29. The Bertz CT molecular complexity index is 1050. The molecule has 0 atom stereocenters. The summed E-state index contributed by atoms with van der Waals surface area (Å²) in [7, 11) is 0. The second kappa shape index (κ2) is 9.91. The number of rotatable bonds is 6. The number of nitrogens with one attached hydrogen (secondary N) is 1. The maximum absolute atomic E-state index is 12.9. The van der Waals surface area contributed by atoms with E-state index in [0.29, 0.717) is 55.5 Å². The number of ether oxygens (including phenoxy) is 2. The fourth-order valence-corrected chi connectivity index (χ4v) is 3.38. The van der Waals surface area contributed by atoms with Gasteiger partial charge >= 0.3 is 0 Å². The van der Waals surface area contributed by atoms with Gasteiger partial charge in [0.15, 0.2) is 0 Å². The van der Waals surface area contributed by atoms with Crippen LogP contribution < -0.4 is 10.1 Å². The summed E-state index contributed by atoms with van der Waals surface area (Å²) in [5.41, 5.74) is 2.46. The zero-order chi connectivity index (χ0) is 21.5. The van der Waals surface area contributed by atoms with E-state index in [2.05, 4.69) is 5.32 Å². The Morgan fingerprint density at radius 2 is 1.65 bits per heavy atom. The summed E-state index contributed by atoms with van der Waals surface area (Å²) in [5.74, 6) is 0.195. The molecular formula is C25H24N2O4. The number of anilines is 1. The molecule has 0 bridgehead atoms. The molecule has 1 fully saturated rings. The zero-order valence-corrected chi connectivity index (χ0v) is 17.1. The van der Waals surface area contributed by atoms with Gasteiger partial charge in [-0.1, -0.05) is 48.5 Å². The minimum Gasteiger partial charge on any atom is -0.489 e. The van der Waals surface area contributed by atoms with Crippen LogP contribution in [0.2, 0.25) is 0 Å². The lowest BCUT2D eigenvalue weighted by atomic mass is 10.1. The van der Waals surface area contributed by atoms with Crippen LogP contribution in [0.3, 0.4) is 0 Å². The van der Waals surface area contributed by atoms with Gasteiger partial charge < -0.3 is 19.7 Å². The molecule has 6 heteroatoms. The number of morpholine rings is 1. The molecule has 3 aromatic rings. The van der Waals surface area contributed by atoms with Crippen molar-refractivity contribution < 1.29 is 19.1 Å². The van der Waals surface area contributed by atoms with Crippen LogP contribution in [0.1, 0.15) is 26.3 Å². The van der Waals surface area contributed by atoms with Gasteiger partial charge in [-0.05, 0) is 35.9 Å². The van der Waals surface area contributed by atoms with Crippen LogP contribution in [0, 0.1) is 0 Å². The van der Waals surface area contributed by atoms with Crippen molar-refractivity contribution in [2.75, 3.05) is 31.6 Å². The molecule has 0 aliphatic carbocycles. The van der Waals surface area contributed by atoms with E-state index < -0.39 is 0 Å². The standard InChI is InChI=1S/C25H24N2O4/c28-24(20-9-6-10-21(17-20)31-18-19-7-2-1-3-8-19)26-23-12-5-4-11-22(23)25(29)27-13-15-30-16-14-27/h1-12,17H,13-16,18H2,(H,26,28). The smallest absolute Gasteiger partial charge is 0.256 e. The van der Waals surface area contributed by atoms with E-state index >= 15 is 0 Å². The molecule has 2 amide bonds. The number of hydrogen-bond donors (Lipinski definition) is 1. The topological polar surface area (TPSA) is 67.9 Å². The Kier molecular flexibility index (Phi) is 6.59. The van der Waals surface area contributed by atoms with E-state index in [1.807, 2.05) is 36.4 Å². The first-order valence-electron chi connectivity index (χ1n) is 10.2. The molecular weight excluding hydrogens is 392 g/mol. The molecule has 0 saturated carbocycles. The van der Waals surface area contributed by atoms with E-state index in [4.69, 9.17) is 9.47 Å². The predicted molar refractivity (Wildman–Crippen MR) is 118 cm³/mol. The molecule has 31 heavy (non-hydrogen) atoms. The average Bonchev–Trinajstić information content (AvgIpc) is 2.84. The van der Waals surface area contributed by atoms with Gasteiger partial charge in [0.25, 0.3) is 11.8 Å². The molecule has 0 unspecified atom stereocenters. The lowest BCUT2D eigenvalue weighted by molar-refractivity contribution is 0.0303. The number of amides is 2. The molecule has 4 rings (SSSR count). The molecule has 1 heterocycles. The first-order valence-corrected chi connectivity index (χ1v) is 10.2. The largest absolute Gasteiger partial charge is 0.489 e. The number of hydrogen-bond acceptors (Lipinski definition) is 4. The summed E-state index contributed by atoms with van der Waals surface area (Å²) in [6.45, 7) is 2.55. The Labute approximate surface area is 181 Å². The van der Waals surface area contributed by atoms with Crippen molar-refractivity contribution in [2.45, 2.75) is 6.61 Å². The van der Waals surface area contributed by atoms with Crippen molar-refractivity contribution in [1.29, 1.82) is 0 Å². The zero-order valence-electron chi connectivity index (χ0n) is 17.1. The molecule has 0 spiro atoms. The van der Waals surface area contributed by atoms with Gasteiger partial charge in [0.2, 0.25) is 0 Å². The highest BCUT2D eigenvalue weighted by Crippen LogP contribution is 2.21. The summed E-state index contributed by atoms with van der Waals surface area (Å²) >= 11 is 0. The molecule has 1 aliphatic rings. The quantitative estimate of drug-likeness (QED) is 0.660. The summed E-state index contributed by atoms with van der Waals surface area (Å²) in [4.78, 5) is 27.5. The van der Waals surface area contributed by atoms with Crippen molar-refractivity contribution in [3.8, 4) is 5.75 Å². The fourth-order valence-electron chi connectivity index (χ4n) is 3.38. The van der Waals surface area contributed by atoms with Gasteiger partial charge in [0.1, 0.15) is 12.4 Å². The number of benzene rings is 3. The van der Waals surface area contributed by atoms with Crippen LogP contribution in [-0.4, -0.2) is 43.0 Å². The van der Waals surface area contributed by atoms with Crippen LogP contribution in [-0.2, 0) is 11.3 Å². The normalized spacial score (nSPS) is 13.5. The Morgan fingerprint density at radius 1 is 0.903 bits per heavy atom. The van der Waals surface area contributed by atoms with Gasteiger partial charge in [-0.2, -0.15) is 0 Å². The summed E-state index contributed by atoms with van der Waals surface area (Å²) in [6, 6.07) is 23.9. The molecule has 0 aromatic heterocycles. The molecule has 1 aliphatic heterocycles. The van der Waals surface area contributed by atoms with Crippen LogP contribution in [0.15, 0.2) is 78.9 Å². The first-order chi connectivity index (χ1) is 15.2. The summed E-state index contributed by atoms with van der Waals surface area (Å²) in [5, 5.41) is 2.87. The van der Waals surface area contributed by atoms with Crippen LogP contribution in [0.5, 0.6) is 5.75 Å². The van der Waals surface area contributed by atoms with Gasteiger partial charge in [-0.15, -0.1) is 0 Å². The minimum absolute atomic E-state index is 0.112. The predicted octanol–water partition coefficient (Wildman–Crippen LogP) is 3.99. The average molecular weight is 416 g/mol. The third-order valence-electron chi connectivity index (χ3n) is 5.05. The van der Waals surface area contributed by atoms with Crippen LogP contribution in [0.4, 0.5) is 5.69 Å². The fraction of sp³-hybridized carbons (Fsp3) is 0.200. The minimum atomic E-state index is -0.299. The molecule has 6 nitrogen and oxygen atoms in total. The SMILES string of the molecule is O=C(Nc1ccccc1C(=O)N1CCOCC1)c1cccc(OCc2ccccc2)c1. The van der Waals surface area contributed by atoms with Crippen LogP contribution >= 0.6 is 0 Å². The van der Waals surface area contributed by atoms with Gasteiger partial charge in [0, 0.05) is 18.7 Å².